The molecule has 346 valence electrons. The Balaban J connectivity index is 4.32. The Morgan fingerprint density at radius 3 is 1.02 bits per heavy atom. The summed E-state index contributed by atoms with van der Waals surface area (Å²) in [6.07, 6.45) is 59.2. The quantitative estimate of drug-likeness (QED) is 0.0263. The van der Waals surface area contributed by atoms with Gasteiger partial charge < -0.3 is 14.2 Å². The van der Waals surface area contributed by atoms with Gasteiger partial charge in [0.1, 0.15) is 13.2 Å². The molecule has 0 aliphatic heterocycles. The van der Waals surface area contributed by atoms with Crippen molar-refractivity contribution in [3.63, 3.8) is 0 Å². The van der Waals surface area contributed by atoms with Crippen molar-refractivity contribution in [2.75, 3.05) is 13.2 Å². The van der Waals surface area contributed by atoms with E-state index in [9.17, 15) is 14.4 Å². The lowest BCUT2D eigenvalue weighted by atomic mass is 10.1. The van der Waals surface area contributed by atoms with E-state index in [1.807, 2.05) is 0 Å². The number of carbonyl (C=O) groups excluding carboxylic acids is 3. The zero-order chi connectivity index (χ0) is 43.7. The lowest BCUT2D eigenvalue weighted by Crippen LogP contribution is -2.30. The molecule has 1 atom stereocenters. The largest absolute Gasteiger partial charge is 0.462 e. The van der Waals surface area contributed by atoms with E-state index in [0.29, 0.717) is 19.3 Å². The summed E-state index contributed by atoms with van der Waals surface area (Å²) in [5, 5.41) is 0. The zero-order valence-electron chi connectivity index (χ0n) is 39.5. The SMILES string of the molecule is CC/C=C\C/C=C\C/C=C\C/C=C\C/C=C\CCCCCCCC(=O)OCC(COC(=O)CCCCCCCCCCCC)OC(=O)CCCCCCCCCCCCC. The van der Waals surface area contributed by atoms with Gasteiger partial charge in [-0.05, 0) is 64.2 Å². The zero-order valence-corrected chi connectivity index (χ0v) is 39.5. The van der Waals surface area contributed by atoms with Gasteiger partial charge in [-0.3, -0.25) is 14.4 Å². The topological polar surface area (TPSA) is 78.9 Å². The maximum Gasteiger partial charge on any atom is 0.306 e. The third-order valence-electron chi connectivity index (χ3n) is 10.8. The highest BCUT2D eigenvalue weighted by Gasteiger charge is 2.19. The average Bonchev–Trinajstić information content (AvgIpc) is 3.24. The monoisotopic (exact) mass is 839 g/mol. The van der Waals surface area contributed by atoms with Gasteiger partial charge in [-0.2, -0.15) is 0 Å². The molecule has 0 aliphatic rings. The third-order valence-corrected chi connectivity index (χ3v) is 10.8. The number of unbranched alkanes of at least 4 members (excludes halogenated alkanes) is 24. The summed E-state index contributed by atoms with van der Waals surface area (Å²) in [6, 6.07) is 0. The van der Waals surface area contributed by atoms with Crippen LogP contribution >= 0.6 is 0 Å². The van der Waals surface area contributed by atoms with Crippen molar-refractivity contribution >= 4 is 17.9 Å². The molecule has 0 aromatic heterocycles. The maximum absolute atomic E-state index is 12.7. The summed E-state index contributed by atoms with van der Waals surface area (Å²) in [4.78, 5) is 37.8. The number of carbonyl (C=O) groups is 3. The molecule has 6 heteroatoms. The smallest absolute Gasteiger partial charge is 0.306 e. The van der Waals surface area contributed by atoms with Crippen LogP contribution in [-0.2, 0) is 28.6 Å². The van der Waals surface area contributed by atoms with E-state index in [1.165, 1.54) is 96.3 Å². The van der Waals surface area contributed by atoms with E-state index in [2.05, 4.69) is 81.5 Å². The molecule has 0 N–H and O–H groups in total. The van der Waals surface area contributed by atoms with Gasteiger partial charge in [0.05, 0.1) is 0 Å². The first kappa shape index (κ1) is 57.1. The molecule has 0 amide bonds. The van der Waals surface area contributed by atoms with Crippen LogP contribution in [0.1, 0.15) is 245 Å². The van der Waals surface area contributed by atoms with Crippen LogP contribution in [-0.4, -0.2) is 37.2 Å². The molecular formula is C54H94O6. The molecule has 0 aromatic carbocycles. The Hall–Kier alpha value is -2.89. The van der Waals surface area contributed by atoms with Crippen molar-refractivity contribution in [2.45, 2.75) is 252 Å². The van der Waals surface area contributed by atoms with Crippen LogP contribution in [0.4, 0.5) is 0 Å². The molecule has 6 nitrogen and oxygen atoms in total. The lowest BCUT2D eigenvalue weighted by molar-refractivity contribution is -0.167. The van der Waals surface area contributed by atoms with Gasteiger partial charge in [0.15, 0.2) is 6.10 Å². The van der Waals surface area contributed by atoms with Crippen LogP contribution in [0.5, 0.6) is 0 Å². The molecule has 0 fully saturated rings. The van der Waals surface area contributed by atoms with E-state index in [4.69, 9.17) is 14.2 Å². The van der Waals surface area contributed by atoms with Crippen molar-refractivity contribution in [3.05, 3.63) is 60.8 Å². The normalized spacial score (nSPS) is 12.5. The van der Waals surface area contributed by atoms with Gasteiger partial charge >= 0.3 is 17.9 Å². The summed E-state index contributed by atoms with van der Waals surface area (Å²) in [7, 11) is 0. The van der Waals surface area contributed by atoms with Crippen molar-refractivity contribution in [1.29, 1.82) is 0 Å². The molecule has 0 radical (unpaired) electrons. The minimum absolute atomic E-state index is 0.0776. The van der Waals surface area contributed by atoms with Gasteiger partial charge in [0, 0.05) is 19.3 Å². The van der Waals surface area contributed by atoms with E-state index >= 15 is 0 Å². The Kier molecular flexibility index (Phi) is 46.4. The van der Waals surface area contributed by atoms with Crippen LogP contribution in [0.15, 0.2) is 60.8 Å². The first-order chi connectivity index (χ1) is 29.5. The molecule has 0 saturated heterocycles. The van der Waals surface area contributed by atoms with Gasteiger partial charge in [0.25, 0.3) is 0 Å². The van der Waals surface area contributed by atoms with Gasteiger partial charge in [-0.25, -0.2) is 0 Å². The van der Waals surface area contributed by atoms with Crippen LogP contribution in [0.2, 0.25) is 0 Å². The molecule has 0 bridgehead atoms. The fourth-order valence-electron chi connectivity index (χ4n) is 7.00. The van der Waals surface area contributed by atoms with Crippen molar-refractivity contribution in [1.82, 2.24) is 0 Å². The van der Waals surface area contributed by atoms with E-state index in [-0.39, 0.29) is 31.1 Å². The number of ether oxygens (including phenoxy) is 3. The second-order valence-corrected chi connectivity index (χ2v) is 16.7. The first-order valence-corrected chi connectivity index (χ1v) is 25.3. The fraction of sp³-hybridized carbons (Fsp3) is 0.759. The average molecular weight is 839 g/mol. The summed E-state index contributed by atoms with van der Waals surface area (Å²) in [6.45, 7) is 6.49. The van der Waals surface area contributed by atoms with E-state index in [1.54, 1.807) is 0 Å². The Morgan fingerprint density at radius 2 is 0.650 bits per heavy atom. The first-order valence-electron chi connectivity index (χ1n) is 25.3. The Labute approximate surface area is 370 Å². The molecule has 0 saturated carbocycles. The van der Waals surface area contributed by atoms with Crippen molar-refractivity contribution < 1.29 is 28.6 Å². The Morgan fingerprint density at radius 1 is 0.350 bits per heavy atom. The van der Waals surface area contributed by atoms with Gasteiger partial charge in [-0.15, -0.1) is 0 Å². The molecule has 0 heterocycles. The number of hydrogen-bond donors (Lipinski definition) is 0. The molecule has 0 aliphatic carbocycles. The highest BCUT2D eigenvalue weighted by atomic mass is 16.6. The second kappa shape index (κ2) is 48.8. The summed E-state index contributed by atoms with van der Waals surface area (Å²) >= 11 is 0. The fourth-order valence-corrected chi connectivity index (χ4v) is 7.00. The van der Waals surface area contributed by atoms with Crippen LogP contribution < -0.4 is 0 Å². The number of hydrogen-bond acceptors (Lipinski definition) is 6. The van der Waals surface area contributed by atoms with Gasteiger partial charge in [0.2, 0.25) is 0 Å². The van der Waals surface area contributed by atoms with Crippen molar-refractivity contribution in [2.24, 2.45) is 0 Å². The minimum atomic E-state index is -0.776. The third kappa shape index (κ3) is 46.2. The summed E-state index contributed by atoms with van der Waals surface area (Å²) in [5.74, 6) is -0.896. The number of allylic oxidation sites excluding steroid dienone is 10. The van der Waals surface area contributed by atoms with Crippen molar-refractivity contribution in [3.8, 4) is 0 Å². The molecule has 0 rings (SSSR count). The number of esters is 3. The number of rotatable bonds is 45. The molecule has 0 spiro atoms. The highest BCUT2D eigenvalue weighted by molar-refractivity contribution is 5.71. The van der Waals surface area contributed by atoms with Crippen LogP contribution in [0, 0.1) is 0 Å². The van der Waals surface area contributed by atoms with E-state index in [0.717, 1.165) is 109 Å². The summed E-state index contributed by atoms with van der Waals surface area (Å²) < 4.78 is 16.7. The predicted octanol–water partition coefficient (Wildman–Crippen LogP) is 16.5. The van der Waals surface area contributed by atoms with Crippen LogP contribution in [0.3, 0.4) is 0 Å². The highest BCUT2D eigenvalue weighted by Crippen LogP contribution is 2.15. The Bertz CT molecular complexity index is 1100. The molecular weight excluding hydrogens is 745 g/mol. The summed E-state index contributed by atoms with van der Waals surface area (Å²) in [5.41, 5.74) is 0. The van der Waals surface area contributed by atoms with Crippen LogP contribution in [0.25, 0.3) is 0 Å². The second-order valence-electron chi connectivity index (χ2n) is 16.7. The molecule has 0 aromatic rings. The predicted molar refractivity (Wildman–Crippen MR) is 256 cm³/mol. The molecule has 60 heavy (non-hydrogen) atoms. The molecule has 1 unspecified atom stereocenters. The minimum Gasteiger partial charge on any atom is -0.462 e. The van der Waals surface area contributed by atoms with E-state index < -0.39 is 6.10 Å². The maximum atomic E-state index is 12.7. The van der Waals surface area contributed by atoms with Gasteiger partial charge in [-0.1, -0.05) is 223 Å². The standard InChI is InChI=1S/C54H94O6/c1-4-7-10-13-16-19-22-23-24-25-26-27-28-29-30-31-33-35-38-41-44-47-53(56)59-50-51(49-58-52(55)46-43-40-37-34-21-18-15-12-9-6-3)60-54(57)48-45-42-39-36-32-20-17-14-11-8-5-2/h7,10,16,19,23-24,26-27,29-30,51H,4-6,8-9,11-15,17-18,20-22,25,28,31-50H2,1-3H3/b10-7-,19-16-,24-23-,27-26-,30-29-. The lowest BCUT2D eigenvalue weighted by Gasteiger charge is -2.18.